The number of rotatable bonds is 10. The molecular weight excluding hydrogens is 238 g/mol. The summed E-state index contributed by atoms with van der Waals surface area (Å²) in [5.41, 5.74) is 5.82. The molecule has 114 valence electrons. The van der Waals surface area contributed by atoms with E-state index in [0.29, 0.717) is 13.1 Å². The van der Waals surface area contributed by atoms with E-state index in [9.17, 15) is 4.79 Å². The molecule has 4 nitrogen and oxygen atoms in total. The summed E-state index contributed by atoms with van der Waals surface area (Å²) in [4.78, 5) is 14.3. The van der Waals surface area contributed by atoms with Crippen LogP contribution in [0.1, 0.15) is 60.3 Å². The molecule has 0 rings (SSSR count). The molecule has 0 saturated heterocycles. The van der Waals surface area contributed by atoms with Gasteiger partial charge in [-0.2, -0.15) is 0 Å². The molecule has 0 bridgehead atoms. The van der Waals surface area contributed by atoms with E-state index in [0.717, 1.165) is 32.2 Å². The van der Waals surface area contributed by atoms with Gasteiger partial charge >= 0.3 is 0 Å². The van der Waals surface area contributed by atoms with Gasteiger partial charge in [0.05, 0.1) is 6.54 Å². The summed E-state index contributed by atoms with van der Waals surface area (Å²) < 4.78 is 0. The molecule has 0 aromatic rings. The highest BCUT2D eigenvalue weighted by molar-refractivity contribution is 5.78. The first kappa shape index (κ1) is 18.4. The van der Waals surface area contributed by atoms with Crippen molar-refractivity contribution in [3.8, 4) is 0 Å². The van der Waals surface area contributed by atoms with Crippen molar-refractivity contribution < 1.29 is 4.79 Å². The normalized spacial score (nSPS) is 16.2. The van der Waals surface area contributed by atoms with Crippen LogP contribution < -0.4 is 11.1 Å². The summed E-state index contributed by atoms with van der Waals surface area (Å²) in [6.07, 6.45) is 4.12. The third-order valence-electron chi connectivity index (χ3n) is 3.92. The zero-order chi connectivity index (χ0) is 14.9. The van der Waals surface area contributed by atoms with Gasteiger partial charge in [0.15, 0.2) is 0 Å². The van der Waals surface area contributed by atoms with Gasteiger partial charge in [-0.15, -0.1) is 0 Å². The molecule has 3 N–H and O–H groups in total. The zero-order valence-electron chi connectivity index (χ0n) is 13.5. The third kappa shape index (κ3) is 6.39. The Labute approximate surface area is 119 Å². The third-order valence-corrected chi connectivity index (χ3v) is 3.92. The molecule has 0 radical (unpaired) electrons. The largest absolute Gasteiger partial charge is 0.353 e. The first-order chi connectivity index (χ1) is 8.93. The van der Waals surface area contributed by atoms with Gasteiger partial charge in [0.2, 0.25) is 5.91 Å². The fourth-order valence-electron chi connectivity index (χ4n) is 2.31. The number of nitrogens with one attached hydrogen (secondary N) is 1. The summed E-state index contributed by atoms with van der Waals surface area (Å²) >= 11 is 0. The van der Waals surface area contributed by atoms with E-state index in [-0.39, 0.29) is 17.5 Å². The van der Waals surface area contributed by atoms with Crippen molar-refractivity contribution in [3.05, 3.63) is 0 Å². The summed E-state index contributed by atoms with van der Waals surface area (Å²) in [6.45, 7) is 12.6. The monoisotopic (exact) mass is 271 g/mol. The SMILES string of the molecule is CCCC(C)NC(=O)CN(CCC)C(C)(CC)CN. The van der Waals surface area contributed by atoms with Gasteiger partial charge in [0, 0.05) is 18.1 Å². The summed E-state index contributed by atoms with van der Waals surface area (Å²) in [5, 5.41) is 3.07. The van der Waals surface area contributed by atoms with Gasteiger partial charge in [-0.1, -0.05) is 27.2 Å². The van der Waals surface area contributed by atoms with E-state index < -0.39 is 0 Å². The smallest absolute Gasteiger partial charge is 0.234 e. The Morgan fingerprint density at radius 2 is 1.95 bits per heavy atom. The quantitative estimate of drug-likeness (QED) is 0.640. The Bertz CT molecular complexity index is 252. The Hall–Kier alpha value is -0.610. The highest BCUT2D eigenvalue weighted by atomic mass is 16.2. The predicted octanol–water partition coefficient (Wildman–Crippen LogP) is 2.13. The van der Waals surface area contributed by atoms with Crippen LogP contribution in [0.4, 0.5) is 0 Å². The van der Waals surface area contributed by atoms with Gasteiger partial charge in [0.1, 0.15) is 0 Å². The molecule has 0 fully saturated rings. The summed E-state index contributed by atoms with van der Waals surface area (Å²) in [6, 6.07) is 0.256. The standard InChI is InChI=1S/C15H33N3O/c1-6-9-13(4)17-14(19)11-18(10-7-2)15(5,8-3)12-16/h13H,6-12,16H2,1-5H3,(H,17,19). The second-order valence-electron chi connectivity index (χ2n) is 5.73. The fourth-order valence-corrected chi connectivity index (χ4v) is 2.31. The highest BCUT2D eigenvalue weighted by Crippen LogP contribution is 2.18. The van der Waals surface area contributed by atoms with E-state index in [1.807, 2.05) is 0 Å². The predicted molar refractivity (Wildman–Crippen MR) is 82.1 cm³/mol. The van der Waals surface area contributed by atoms with Crippen LogP contribution >= 0.6 is 0 Å². The number of amides is 1. The maximum atomic E-state index is 12.1. The first-order valence-corrected chi connectivity index (χ1v) is 7.67. The van der Waals surface area contributed by atoms with E-state index in [4.69, 9.17) is 5.73 Å². The van der Waals surface area contributed by atoms with E-state index in [1.54, 1.807) is 0 Å². The van der Waals surface area contributed by atoms with Gasteiger partial charge < -0.3 is 11.1 Å². The second kappa shape index (κ2) is 9.32. The van der Waals surface area contributed by atoms with Crippen LogP contribution in [0.25, 0.3) is 0 Å². The number of hydrogen-bond donors (Lipinski definition) is 2. The van der Waals surface area contributed by atoms with E-state index in [1.165, 1.54) is 0 Å². The number of carbonyl (C=O) groups is 1. The van der Waals surface area contributed by atoms with E-state index >= 15 is 0 Å². The van der Waals surface area contributed by atoms with Crippen LogP contribution in [0.2, 0.25) is 0 Å². The lowest BCUT2D eigenvalue weighted by atomic mass is 9.96. The van der Waals surface area contributed by atoms with Crippen LogP contribution in [-0.2, 0) is 4.79 Å². The van der Waals surface area contributed by atoms with Crippen LogP contribution in [0.5, 0.6) is 0 Å². The van der Waals surface area contributed by atoms with E-state index in [2.05, 4.69) is 44.8 Å². The van der Waals surface area contributed by atoms with Crippen LogP contribution in [0, 0.1) is 0 Å². The van der Waals surface area contributed by atoms with Crippen LogP contribution in [0.3, 0.4) is 0 Å². The molecule has 0 saturated carbocycles. The fraction of sp³-hybridized carbons (Fsp3) is 0.933. The molecule has 19 heavy (non-hydrogen) atoms. The lowest BCUT2D eigenvalue weighted by molar-refractivity contribution is -0.124. The molecule has 0 aliphatic heterocycles. The minimum Gasteiger partial charge on any atom is -0.353 e. The van der Waals surface area contributed by atoms with Gasteiger partial charge in [-0.25, -0.2) is 0 Å². The number of nitrogens with two attached hydrogens (primary N) is 1. The molecule has 0 aliphatic rings. The number of nitrogens with zero attached hydrogens (tertiary/aromatic N) is 1. The molecule has 4 heteroatoms. The molecule has 2 atom stereocenters. The van der Waals surface area contributed by atoms with Crippen molar-refractivity contribution in [3.63, 3.8) is 0 Å². The highest BCUT2D eigenvalue weighted by Gasteiger charge is 2.29. The van der Waals surface area contributed by atoms with Crippen molar-refractivity contribution in [2.75, 3.05) is 19.6 Å². The lowest BCUT2D eigenvalue weighted by Gasteiger charge is -2.39. The summed E-state index contributed by atoms with van der Waals surface area (Å²) in [7, 11) is 0. The maximum Gasteiger partial charge on any atom is 0.234 e. The molecule has 2 unspecified atom stereocenters. The van der Waals surface area contributed by atoms with Crippen molar-refractivity contribution in [1.82, 2.24) is 10.2 Å². The molecule has 0 aromatic carbocycles. The van der Waals surface area contributed by atoms with Crippen molar-refractivity contribution in [2.24, 2.45) is 5.73 Å². The van der Waals surface area contributed by atoms with Crippen molar-refractivity contribution in [2.45, 2.75) is 71.9 Å². The summed E-state index contributed by atoms with van der Waals surface area (Å²) in [5.74, 6) is 0.113. The van der Waals surface area contributed by atoms with Gasteiger partial charge in [0.25, 0.3) is 0 Å². The number of hydrogen-bond acceptors (Lipinski definition) is 3. The molecule has 0 aromatic heterocycles. The molecule has 1 amide bonds. The Kier molecular flexibility index (Phi) is 9.02. The topological polar surface area (TPSA) is 58.4 Å². The number of carbonyl (C=O) groups excluding carboxylic acids is 1. The molecule has 0 spiro atoms. The minimum absolute atomic E-state index is 0.0820. The Morgan fingerprint density at radius 1 is 1.32 bits per heavy atom. The molecule has 0 aliphatic carbocycles. The van der Waals surface area contributed by atoms with Crippen LogP contribution in [0.15, 0.2) is 0 Å². The maximum absolute atomic E-state index is 12.1. The average molecular weight is 271 g/mol. The van der Waals surface area contributed by atoms with Gasteiger partial charge in [-0.05, 0) is 39.7 Å². The minimum atomic E-state index is -0.0820. The Balaban J connectivity index is 4.53. The lowest BCUT2D eigenvalue weighted by Crippen LogP contribution is -2.55. The molecule has 0 heterocycles. The zero-order valence-corrected chi connectivity index (χ0v) is 13.5. The Morgan fingerprint density at radius 3 is 2.37 bits per heavy atom. The van der Waals surface area contributed by atoms with Crippen molar-refractivity contribution >= 4 is 5.91 Å². The first-order valence-electron chi connectivity index (χ1n) is 7.67. The van der Waals surface area contributed by atoms with Gasteiger partial charge in [-0.3, -0.25) is 9.69 Å². The van der Waals surface area contributed by atoms with Crippen molar-refractivity contribution in [1.29, 1.82) is 0 Å². The van der Waals surface area contributed by atoms with Crippen LogP contribution in [-0.4, -0.2) is 42.0 Å². The molecular formula is C15H33N3O. The average Bonchev–Trinajstić information content (AvgIpc) is 2.37. The second-order valence-corrected chi connectivity index (χ2v) is 5.73.